The van der Waals surface area contributed by atoms with Crippen LogP contribution in [0, 0.1) is 11.8 Å². The minimum Gasteiger partial charge on any atom is -0.368 e. The summed E-state index contributed by atoms with van der Waals surface area (Å²) in [6.07, 6.45) is 1.21. The monoisotopic (exact) mass is 283 g/mol. The Hall–Kier alpha value is -1.24. The predicted molar refractivity (Wildman–Crippen MR) is 75.7 cm³/mol. The van der Waals surface area contributed by atoms with E-state index in [-0.39, 0.29) is 5.91 Å². The first-order valence-corrected chi connectivity index (χ1v) is 7.51. The van der Waals surface area contributed by atoms with Crippen molar-refractivity contribution in [3.63, 3.8) is 0 Å². The summed E-state index contributed by atoms with van der Waals surface area (Å²) in [6, 6.07) is 0. The van der Waals surface area contributed by atoms with Crippen LogP contribution in [0.5, 0.6) is 0 Å². The molecule has 0 aromatic carbocycles. The number of hydrogen-bond donors (Lipinski definition) is 1. The van der Waals surface area contributed by atoms with Crippen LogP contribution in [0.4, 0.5) is 5.95 Å². The van der Waals surface area contributed by atoms with E-state index in [2.05, 4.69) is 24.0 Å². The van der Waals surface area contributed by atoms with Crippen molar-refractivity contribution in [1.82, 2.24) is 19.7 Å². The number of amides is 1. The van der Waals surface area contributed by atoms with Gasteiger partial charge in [-0.1, -0.05) is 25.6 Å². The Morgan fingerprint density at radius 1 is 1.37 bits per heavy atom. The molecule has 1 aromatic heterocycles. The molecule has 0 radical (unpaired) electrons. The Kier molecular flexibility index (Phi) is 4.34. The molecule has 0 saturated carbocycles. The Bertz CT molecular complexity index is 451. The molecule has 2 heterocycles. The third kappa shape index (κ3) is 3.40. The average molecular weight is 283 g/mol. The van der Waals surface area contributed by atoms with E-state index in [0.717, 1.165) is 13.1 Å². The Morgan fingerprint density at radius 2 is 2.00 bits per heavy atom. The van der Waals surface area contributed by atoms with Crippen molar-refractivity contribution in [3.8, 4) is 0 Å². The number of nitrogen functional groups attached to an aromatic ring is 1. The van der Waals surface area contributed by atoms with E-state index in [4.69, 9.17) is 5.73 Å². The topological polar surface area (TPSA) is 77.0 Å². The number of nitrogens with two attached hydrogens (primary N) is 1. The highest BCUT2D eigenvalue weighted by Gasteiger charge is 2.25. The molecular formula is C12H21N5OS. The van der Waals surface area contributed by atoms with Gasteiger partial charge in [-0.2, -0.15) is 0 Å². The van der Waals surface area contributed by atoms with Gasteiger partial charge < -0.3 is 10.6 Å². The second-order valence-electron chi connectivity index (χ2n) is 5.43. The van der Waals surface area contributed by atoms with Gasteiger partial charge in [-0.3, -0.25) is 9.36 Å². The number of carbonyl (C=O) groups excluding carboxylic acids is 1. The fourth-order valence-corrected chi connectivity index (χ4v) is 3.36. The third-order valence-electron chi connectivity index (χ3n) is 3.41. The van der Waals surface area contributed by atoms with Gasteiger partial charge >= 0.3 is 0 Å². The van der Waals surface area contributed by atoms with Gasteiger partial charge in [0.05, 0.1) is 5.75 Å². The normalized spacial score (nSPS) is 23.6. The number of thioether (sulfide) groups is 1. The van der Waals surface area contributed by atoms with Crippen LogP contribution in [0.2, 0.25) is 0 Å². The van der Waals surface area contributed by atoms with Gasteiger partial charge in [-0.05, 0) is 18.3 Å². The fraction of sp³-hybridized carbons (Fsp3) is 0.750. The molecule has 19 heavy (non-hydrogen) atoms. The van der Waals surface area contributed by atoms with E-state index < -0.39 is 0 Å². The lowest BCUT2D eigenvalue weighted by Crippen LogP contribution is -2.43. The molecule has 0 bridgehead atoms. The average Bonchev–Trinajstić information content (AvgIpc) is 2.66. The first-order chi connectivity index (χ1) is 8.97. The van der Waals surface area contributed by atoms with Gasteiger partial charge in [0.15, 0.2) is 5.16 Å². The molecule has 2 atom stereocenters. The number of hydrogen-bond acceptors (Lipinski definition) is 5. The number of piperidine rings is 1. The molecular weight excluding hydrogens is 262 g/mol. The molecule has 1 fully saturated rings. The molecule has 2 rings (SSSR count). The molecule has 1 amide bonds. The molecule has 1 aliphatic rings. The molecule has 106 valence electrons. The van der Waals surface area contributed by atoms with Gasteiger partial charge in [0.25, 0.3) is 0 Å². The van der Waals surface area contributed by atoms with Crippen molar-refractivity contribution in [2.24, 2.45) is 18.9 Å². The molecule has 1 aliphatic heterocycles. The van der Waals surface area contributed by atoms with E-state index in [9.17, 15) is 4.79 Å². The molecule has 2 unspecified atom stereocenters. The lowest BCUT2D eigenvalue weighted by Gasteiger charge is -2.34. The van der Waals surface area contributed by atoms with Crippen LogP contribution < -0.4 is 5.73 Å². The minimum atomic E-state index is 0.171. The van der Waals surface area contributed by atoms with Crippen molar-refractivity contribution in [2.45, 2.75) is 25.4 Å². The first kappa shape index (κ1) is 14.2. The highest BCUT2D eigenvalue weighted by Crippen LogP contribution is 2.23. The fourth-order valence-electron chi connectivity index (χ4n) is 2.54. The highest BCUT2D eigenvalue weighted by atomic mass is 32.2. The maximum absolute atomic E-state index is 12.2. The van der Waals surface area contributed by atoms with E-state index >= 15 is 0 Å². The van der Waals surface area contributed by atoms with Gasteiger partial charge in [0, 0.05) is 20.1 Å². The molecule has 0 aliphatic carbocycles. The Balaban J connectivity index is 1.89. The number of likely N-dealkylation sites (tertiary alicyclic amines) is 1. The number of aromatic nitrogens is 3. The van der Waals surface area contributed by atoms with Crippen molar-refractivity contribution >= 4 is 23.6 Å². The van der Waals surface area contributed by atoms with Crippen LogP contribution in [0.1, 0.15) is 20.3 Å². The number of anilines is 1. The smallest absolute Gasteiger partial charge is 0.233 e. The van der Waals surface area contributed by atoms with Crippen LogP contribution in [-0.4, -0.2) is 44.4 Å². The maximum atomic E-state index is 12.2. The Labute approximate surface area is 117 Å². The second kappa shape index (κ2) is 5.81. The van der Waals surface area contributed by atoms with Crippen molar-refractivity contribution in [1.29, 1.82) is 0 Å². The van der Waals surface area contributed by atoms with Gasteiger partial charge in [0.2, 0.25) is 11.9 Å². The molecule has 0 spiro atoms. The number of rotatable bonds is 3. The third-order valence-corrected chi connectivity index (χ3v) is 4.42. The van der Waals surface area contributed by atoms with Crippen LogP contribution in [0.15, 0.2) is 5.16 Å². The van der Waals surface area contributed by atoms with Crippen LogP contribution >= 0.6 is 11.8 Å². The summed E-state index contributed by atoms with van der Waals surface area (Å²) in [5.41, 5.74) is 5.61. The molecule has 2 N–H and O–H groups in total. The van der Waals surface area contributed by atoms with Gasteiger partial charge in [0.1, 0.15) is 0 Å². The minimum absolute atomic E-state index is 0.171. The molecule has 1 aromatic rings. The zero-order valence-corrected chi connectivity index (χ0v) is 12.5. The van der Waals surface area contributed by atoms with Gasteiger partial charge in [-0.25, -0.2) is 0 Å². The van der Waals surface area contributed by atoms with E-state index in [1.807, 2.05) is 4.90 Å². The van der Waals surface area contributed by atoms with Crippen LogP contribution in [0.25, 0.3) is 0 Å². The summed E-state index contributed by atoms with van der Waals surface area (Å²) in [4.78, 5) is 14.2. The summed E-state index contributed by atoms with van der Waals surface area (Å²) < 4.78 is 1.69. The lowest BCUT2D eigenvalue weighted by molar-refractivity contribution is -0.130. The second-order valence-corrected chi connectivity index (χ2v) is 6.38. The summed E-state index contributed by atoms with van der Waals surface area (Å²) in [7, 11) is 1.80. The van der Waals surface area contributed by atoms with Crippen LogP contribution in [-0.2, 0) is 11.8 Å². The maximum Gasteiger partial charge on any atom is 0.233 e. The summed E-state index contributed by atoms with van der Waals surface area (Å²) in [5, 5.41) is 8.40. The van der Waals surface area contributed by atoms with Crippen LogP contribution in [0.3, 0.4) is 0 Å². The lowest BCUT2D eigenvalue weighted by atomic mass is 9.92. The zero-order valence-electron chi connectivity index (χ0n) is 11.7. The SMILES string of the molecule is CC1CC(C)CN(C(=O)CSc2nnc(N)n2C)C1. The zero-order chi connectivity index (χ0) is 14.0. The van der Waals surface area contributed by atoms with Crippen molar-refractivity contribution in [2.75, 3.05) is 24.6 Å². The summed E-state index contributed by atoms with van der Waals surface area (Å²) >= 11 is 1.39. The van der Waals surface area contributed by atoms with E-state index in [0.29, 0.717) is 28.7 Å². The van der Waals surface area contributed by atoms with Crippen molar-refractivity contribution < 1.29 is 4.79 Å². The van der Waals surface area contributed by atoms with E-state index in [1.165, 1.54) is 18.2 Å². The summed E-state index contributed by atoms with van der Waals surface area (Å²) in [5.74, 6) is 2.11. The number of nitrogens with zero attached hydrogens (tertiary/aromatic N) is 4. The van der Waals surface area contributed by atoms with Crippen molar-refractivity contribution in [3.05, 3.63) is 0 Å². The molecule has 7 heteroatoms. The highest BCUT2D eigenvalue weighted by molar-refractivity contribution is 7.99. The largest absolute Gasteiger partial charge is 0.368 e. The summed E-state index contributed by atoms with van der Waals surface area (Å²) in [6.45, 7) is 6.13. The standard InChI is InChI=1S/C12H21N5OS/c1-8-4-9(2)6-17(5-8)10(18)7-19-12-15-14-11(13)16(12)3/h8-9H,4-7H2,1-3H3,(H2,13,14). The number of carbonyl (C=O) groups is 1. The molecule has 6 nitrogen and oxygen atoms in total. The Morgan fingerprint density at radius 3 is 2.53 bits per heavy atom. The van der Waals surface area contributed by atoms with Gasteiger partial charge in [-0.15, -0.1) is 10.2 Å². The van der Waals surface area contributed by atoms with E-state index in [1.54, 1.807) is 11.6 Å². The predicted octanol–water partition coefficient (Wildman–Crippen LogP) is 0.994. The quantitative estimate of drug-likeness (QED) is 0.837. The molecule has 1 saturated heterocycles. The first-order valence-electron chi connectivity index (χ1n) is 6.52.